The van der Waals surface area contributed by atoms with Gasteiger partial charge in [-0.05, 0) is 54.8 Å². The fraction of sp³-hybridized carbons (Fsp3) is 0.294. The third-order valence-electron chi connectivity index (χ3n) is 3.38. The third-order valence-corrected chi connectivity index (χ3v) is 4.08. The van der Waals surface area contributed by atoms with Crippen LogP contribution in [0.4, 0.5) is 4.39 Å². The van der Waals surface area contributed by atoms with Crippen molar-refractivity contribution in [2.24, 2.45) is 0 Å². The zero-order valence-corrected chi connectivity index (χ0v) is 13.4. The maximum Gasteiger partial charge on any atom is 0.123 e. The van der Waals surface area contributed by atoms with Crippen molar-refractivity contribution < 1.29 is 4.39 Å². The monoisotopic (exact) mass is 325 g/mol. The molecule has 0 aromatic heterocycles. The average molecular weight is 326 g/mol. The maximum atomic E-state index is 13.3. The molecule has 21 heavy (non-hydrogen) atoms. The fourth-order valence-electron chi connectivity index (χ4n) is 2.43. The Kier molecular flexibility index (Phi) is 6.04. The van der Waals surface area contributed by atoms with E-state index in [4.69, 9.17) is 23.2 Å². The summed E-state index contributed by atoms with van der Waals surface area (Å²) < 4.78 is 13.3. The lowest BCUT2D eigenvalue weighted by Crippen LogP contribution is -2.33. The van der Waals surface area contributed by atoms with Crippen LogP contribution in [-0.2, 0) is 12.8 Å². The van der Waals surface area contributed by atoms with Crippen LogP contribution in [0.15, 0.2) is 42.5 Å². The Labute approximate surface area is 135 Å². The van der Waals surface area contributed by atoms with Gasteiger partial charge in [-0.3, -0.25) is 0 Å². The van der Waals surface area contributed by atoms with Gasteiger partial charge in [0.2, 0.25) is 0 Å². The first kappa shape index (κ1) is 16.3. The van der Waals surface area contributed by atoms with E-state index in [1.807, 2.05) is 31.2 Å². The topological polar surface area (TPSA) is 12.0 Å². The van der Waals surface area contributed by atoms with E-state index in [9.17, 15) is 4.39 Å². The van der Waals surface area contributed by atoms with E-state index in [2.05, 4.69) is 5.32 Å². The van der Waals surface area contributed by atoms with Crippen molar-refractivity contribution in [3.63, 3.8) is 0 Å². The molecule has 4 heteroatoms. The van der Waals surface area contributed by atoms with Gasteiger partial charge in [0.05, 0.1) is 0 Å². The summed E-state index contributed by atoms with van der Waals surface area (Å²) in [6.07, 6.45) is 1.44. The van der Waals surface area contributed by atoms with Crippen LogP contribution in [0.1, 0.15) is 18.1 Å². The lowest BCUT2D eigenvalue weighted by atomic mass is 9.98. The van der Waals surface area contributed by atoms with Crippen LogP contribution in [0.5, 0.6) is 0 Å². The molecular formula is C17H18Cl2FN. The average Bonchev–Trinajstić information content (AvgIpc) is 2.43. The summed E-state index contributed by atoms with van der Waals surface area (Å²) in [7, 11) is 0. The molecule has 0 heterocycles. The van der Waals surface area contributed by atoms with Crippen LogP contribution in [0.2, 0.25) is 10.0 Å². The summed E-state index contributed by atoms with van der Waals surface area (Å²) in [6, 6.07) is 12.4. The smallest absolute Gasteiger partial charge is 0.123 e. The predicted molar refractivity (Wildman–Crippen MR) is 87.7 cm³/mol. The van der Waals surface area contributed by atoms with Gasteiger partial charge in [-0.2, -0.15) is 0 Å². The molecule has 0 saturated carbocycles. The highest BCUT2D eigenvalue weighted by molar-refractivity contribution is 6.36. The van der Waals surface area contributed by atoms with Crippen LogP contribution < -0.4 is 5.32 Å². The Balaban J connectivity index is 2.16. The van der Waals surface area contributed by atoms with E-state index in [0.29, 0.717) is 16.5 Å². The third kappa shape index (κ3) is 4.70. The number of benzene rings is 2. The van der Waals surface area contributed by atoms with Gasteiger partial charge in [0, 0.05) is 16.1 Å². The number of halogens is 3. The van der Waals surface area contributed by atoms with E-state index >= 15 is 0 Å². The SMILES string of the molecule is CCNC(Cc1cccc(F)c1)Cc1c(Cl)cccc1Cl. The molecule has 2 aromatic carbocycles. The second-order valence-corrected chi connectivity index (χ2v) is 5.81. The molecule has 2 aromatic rings. The normalized spacial score (nSPS) is 12.4. The largest absolute Gasteiger partial charge is 0.314 e. The summed E-state index contributed by atoms with van der Waals surface area (Å²) in [5, 5.41) is 4.76. The van der Waals surface area contributed by atoms with Gasteiger partial charge in [0.1, 0.15) is 5.82 Å². The molecule has 1 nitrogen and oxygen atoms in total. The van der Waals surface area contributed by atoms with Crippen LogP contribution in [0.25, 0.3) is 0 Å². The minimum atomic E-state index is -0.210. The number of hydrogen-bond acceptors (Lipinski definition) is 1. The van der Waals surface area contributed by atoms with Crippen LogP contribution in [0.3, 0.4) is 0 Å². The van der Waals surface area contributed by atoms with Gasteiger partial charge in [-0.15, -0.1) is 0 Å². The molecule has 1 atom stereocenters. The van der Waals surface area contributed by atoms with E-state index < -0.39 is 0 Å². The second kappa shape index (κ2) is 7.79. The van der Waals surface area contributed by atoms with Crippen molar-refractivity contribution in [3.8, 4) is 0 Å². The lowest BCUT2D eigenvalue weighted by molar-refractivity contribution is 0.519. The van der Waals surface area contributed by atoms with Crippen molar-refractivity contribution in [2.45, 2.75) is 25.8 Å². The van der Waals surface area contributed by atoms with E-state index in [0.717, 1.165) is 24.1 Å². The summed E-state index contributed by atoms with van der Waals surface area (Å²) in [6.45, 7) is 2.88. The summed E-state index contributed by atoms with van der Waals surface area (Å²) in [5.41, 5.74) is 1.90. The number of likely N-dealkylation sites (N-methyl/N-ethyl adjacent to an activating group) is 1. The molecule has 1 N–H and O–H groups in total. The van der Waals surface area contributed by atoms with Gasteiger partial charge in [0.15, 0.2) is 0 Å². The Morgan fingerprint density at radius 1 is 1.05 bits per heavy atom. The molecule has 0 spiro atoms. The van der Waals surface area contributed by atoms with Crippen molar-refractivity contribution in [2.75, 3.05) is 6.54 Å². The second-order valence-electron chi connectivity index (χ2n) is 4.99. The highest BCUT2D eigenvalue weighted by atomic mass is 35.5. The van der Waals surface area contributed by atoms with Crippen LogP contribution in [-0.4, -0.2) is 12.6 Å². The zero-order valence-electron chi connectivity index (χ0n) is 11.9. The Morgan fingerprint density at radius 2 is 1.71 bits per heavy atom. The van der Waals surface area contributed by atoms with Crippen molar-refractivity contribution in [1.29, 1.82) is 0 Å². The molecule has 0 aliphatic carbocycles. The molecule has 0 bridgehead atoms. The molecule has 1 unspecified atom stereocenters. The summed E-state index contributed by atoms with van der Waals surface area (Å²) >= 11 is 12.5. The van der Waals surface area contributed by atoms with Gasteiger partial charge in [-0.1, -0.05) is 48.3 Å². The van der Waals surface area contributed by atoms with Gasteiger partial charge >= 0.3 is 0 Å². The number of hydrogen-bond donors (Lipinski definition) is 1. The standard InChI is InChI=1S/C17H18Cl2FN/c1-2-21-14(10-12-5-3-6-13(20)9-12)11-15-16(18)7-4-8-17(15)19/h3-9,14,21H,2,10-11H2,1H3. The van der Waals surface area contributed by atoms with Crippen molar-refractivity contribution in [3.05, 3.63) is 69.5 Å². The van der Waals surface area contributed by atoms with Crippen LogP contribution >= 0.6 is 23.2 Å². The van der Waals surface area contributed by atoms with Crippen molar-refractivity contribution >= 4 is 23.2 Å². The van der Waals surface area contributed by atoms with Gasteiger partial charge in [-0.25, -0.2) is 4.39 Å². The molecule has 0 fully saturated rings. The minimum absolute atomic E-state index is 0.161. The molecule has 0 aliphatic rings. The highest BCUT2D eigenvalue weighted by Crippen LogP contribution is 2.26. The first-order valence-corrected chi connectivity index (χ1v) is 7.76. The Bertz CT molecular complexity index is 581. The molecule has 112 valence electrons. The molecule has 0 amide bonds. The van der Waals surface area contributed by atoms with E-state index in [-0.39, 0.29) is 11.9 Å². The lowest BCUT2D eigenvalue weighted by Gasteiger charge is -2.19. The first-order chi connectivity index (χ1) is 10.1. The Morgan fingerprint density at radius 3 is 2.33 bits per heavy atom. The highest BCUT2D eigenvalue weighted by Gasteiger charge is 2.14. The summed E-state index contributed by atoms with van der Waals surface area (Å²) in [4.78, 5) is 0. The first-order valence-electron chi connectivity index (χ1n) is 7.01. The fourth-order valence-corrected chi connectivity index (χ4v) is 2.98. The molecule has 2 rings (SSSR count). The Hall–Kier alpha value is -1.09. The molecule has 0 radical (unpaired) electrons. The van der Waals surface area contributed by atoms with E-state index in [1.54, 1.807) is 12.1 Å². The summed E-state index contributed by atoms with van der Waals surface area (Å²) in [5.74, 6) is -0.210. The molecular weight excluding hydrogens is 308 g/mol. The number of nitrogens with one attached hydrogen (secondary N) is 1. The molecule has 0 saturated heterocycles. The van der Waals surface area contributed by atoms with Gasteiger partial charge < -0.3 is 5.32 Å². The quantitative estimate of drug-likeness (QED) is 0.796. The predicted octanol–water partition coefficient (Wildman–Crippen LogP) is 4.90. The number of rotatable bonds is 6. The van der Waals surface area contributed by atoms with E-state index in [1.165, 1.54) is 6.07 Å². The molecule has 0 aliphatic heterocycles. The maximum absolute atomic E-state index is 13.3. The zero-order chi connectivity index (χ0) is 15.2. The van der Waals surface area contributed by atoms with Crippen LogP contribution in [0, 0.1) is 5.82 Å². The van der Waals surface area contributed by atoms with Gasteiger partial charge in [0.25, 0.3) is 0 Å². The minimum Gasteiger partial charge on any atom is -0.314 e. The van der Waals surface area contributed by atoms with Crippen molar-refractivity contribution in [1.82, 2.24) is 5.32 Å².